The van der Waals surface area contributed by atoms with Crippen LogP contribution in [-0.2, 0) is 13.0 Å². The summed E-state index contributed by atoms with van der Waals surface area (Å²) in [5, 5.41) is 14.6. The van der Waals surface area contributed by atoms with E-state index in [1.165, 1.54) is 0 Å². The molecule has 2 unspecified atom stereocenters. The number of nitrogens with zero attached hydrogens (tertiary/aromatic N) is 3. The molecule has 24 heavy (non-hydrogen) atoms. The fraction of sp³-hybridized carbons (Fsp3) is 0.579. The topological polar surface area (TPSA) is 62.4 Å². The molecule has 1 aliphatic rings. The number of aliphatic hydroxyl groups excluding tert-OH is 1. The normalized spacial score (nSPS) is 19.7. The molecule has 1 aliphatic heterocycles. The second-order valence-corrected chi connectivity index (χ2v) is 6.64. The van der Waals surface area contributed by atoms with Gasteiger partial charge in [0, 0.05) is 12.5 Å². The van der Waals surface area contributed by atoms with Crippen molar-refractivity contribution in [1.29, 1.82) is 0 Å². The van der Waals surface area contributed by atoms with E-state index in [1.54, 1.807) is 0 Å². The fourth-order valence-electron chi connectivity index (χ4n) is 3.40. The first-order chi connectivity index (χ1) is 11.8. The summed E-state index contributed by atoms with van der Waals surface area (Å²) in [7, 11) is 0. The average molecular weight is 329 g/mol. The lowest BCUT2D eigenvalue weighted by Crippen LogP contribution is -2.30. The molecule has 5 heteroatoms. The SMILES string of the molecule is CCCCc1noc(CN2CCCC2CC(O)c2ccccc2)n1. The van der Waals surface area contributed by atoms with E-state index in [1.807, 2.05) is 30.3 Å². The quantitative estimate of drug-likeness (QED) is 0.803. The van der Waals surface area contributed by atoms with Gasteiger partial charge in [0.1, 0.15) is 0 Å². The van der Waals surface area contributed by atoms with Crippen LogP contribution in [0, 0.1) is 0 Å². The van der Waals surface area contributed by atoms with E-state index < -0.39 is 6.10 Å². The van der Waals surface area contributed by atoms with E-state index in [0.29, 0.717) is 18.5 Å². The van der Waals surface area contributed by atoms with Gasteiger partial charge in [0.25, 0.3) is 0 Å². The zero-order chi connectivity index (χ0) is 16.8. The maximum absolute atomic E-state index is 10.5. The highest BCUT2D eigenvalue weighted by Gasteiger charge is 2.28. The third kappa shape index (κ3) is 4.42. The monoisotopic (exact) mass is 329 g/mol. The highest BCUT2D eigenvalue weighted by atomic mass is 16.5. The molecule has 3 rings (SSSR count). The molecule has 2 heterocycles. The molecule has 1 aromatic heterocycles. The number of aromatic nitrogens is 2. The zero-order valence-electron chi connectivity index (χ0n) is 14.4. The minimum atomic E-state index is -0.417. The van der Waals surface area contributed by atoms with Gasteiger partial charge in [0.15, 0.2) is 5.82 Å². The Bertz CT molecular complexity index is 614. The minimum Gasteiger partial charge on any atom is -0.388 e. The first-order valence-corrected chi connectivity index (χ1v) is 9.04. The van der Waals surface area contributed by atoms with Crippen molar-refractivity contribution in [2.45, 2.75) is 64.1 Å². The predicted octanol–water partition coefficient (Wildman–Crippen LogP) is 3.50. The third-order valence-electron chi connectivity index (χ3n) is 4.78. The fourth-order valence-corrected chi connectivity index (χ4v) is 3.40. The van der Waals surface area contributed by atoms with Gasteiger partial charge in [-0.3, -0.25) is 4.90 Å². The first kappa shape index (κ1) is 17.1. The number of rotatable bonds is 8. The van der Waals surface area contributed by atoms with Crippen LogP contribution in [0.15, 0.2) is 34.9 Å². The zero-order valence-corrected chi connectivity index (χ0v) is 14.4. The van der Waals surface area contributed by atoms with E-state index in [2.05, 4.69) is 22.0 Å². The van der Waals surface area contributed by atoms with Crippen LogP contribution in [0.1, 0.15) is 62.4 Å². The molecule has 0 radical (unpaired) electrons. The van der Waals surface area contributed by atoms with Gasteiger partial charge < -0.3 is 9.63 Å². The van der Waals surface area contributed by atoms with Crippen molar-refractivity contribution in [3.8, 4) is 0 Å². The molecular weight excluding hydrogens is 302 g/mol. The van der Waals surface area contributed by atoms with Crippen molar-refractivity contribution in [2.24, 2.45) is 0 Å². The third-order valence-corrected chi connectivity index (χ3v) is 4.78. The summed E-state index contributed by atoms with van der Waals surface area (Å²) < 4.78 is 5.40. The van der Waals surface area contributed by atoms with E-state index in [9.17, 15) is 5.11 Å². The number of hydrogen-bond acceptors (Lipinski definition) is 5. The first-order valence-electron chi connectivity index (χ1n) is 9.04. The highest BCUT2D eigenvalue weighted by Crippen LogP contribution is 2.28. The number of hydrogen-bond donors (Lipinski definition) is 1. The van der Waals surface area contributed by atoms with Crippen LogP contribution >= 0.6 is 0 Å². The molecule has 130 valence electrons. The smallest absolute Gasteiger partial charge is 0.240 e. The number of benzene rings is 1. The Kier molecular flexibility index (Phi) is 5.99. The Labute approximate surface area is 143 Å². The second kappa shape index (κ2) is 8.40. The summed E-state index contributed by atoms with van der Waals surface area (Å²) in [5.41, 5.74) is 0.990. The molecule has 1 saturated heterocycles. The summed E-state index contributed by atoms with van der Waals surface area (Å²) in [6.07, 6.45) is 5.71. The van der Waals surface area contributed by atoms with Crippen LogP contribution in [-0.4, -0.2) is 32.7 Å². The van der Waals surface area contributed by atoms with E-state index in [4.69, 9.17) is 4.52 Å². The predicted molar refractivity (Wildman–Crippen MR) is 92.4 cm³/mol. The summed E-state index contributed by atoms with van der Waals surface area (Å²) in [6, 6.07) is 10.3. The standard InChI is InChI=1S/C19H27N3O2/c1-2-3-11-18-20-19(24-21-18)14-22-12-7-10-16(22)13-17(23)15-8-5-4-6-9-15/h4-6,8-9,16-17,23H,2-3,7,10-14H2,1H3. The molecule has 2 atom stereocenters. The van der Waals surface area contributed by atoms with Gasteiger partial charge in [-0.05, 0) is 37.8 Å². The lowest BCUT2D eigenvalue weighted by atomic mass is 10.0. The highest BCUT2D eigenvalue weighted by molar-refractivity contribution is 5.17. The maximum atomic E-state index is 10.5. The van der Waals surface area contributed by atoms with Crippen LogP contribution in [0.25, 0.3) is 0 Å². The van der Waals surface area contributed by atoms with Gasteiger partial charge in [0.05, 0.1) is 12.6 Å². The van der Waals surface area contributed by atoms with E-state index >= 15 is 0 Å². The van der Waals surface area contributed by atoms with Gasteiger partial charge in [-0.25, -0.2) is 0 Å². The lowest BCUT2D eigenvalue weighted by Gasteiger charge is -2.25. The lowest BCUT2D eigenvalue weighted by molar-refractivity contribution is 0.112. The van der Waals surface area contributed by atoms with Gasteiger partial charge in [-0.1, -0.05) is 48.8 Å². The van der Waals surface area contributed by atoms with Crippen molar-refractivity contribution in [2.75, 3.05) is 6.54 Å². The second-order valence-electron chi connectivity index (χ2n) is 6.64. The molecule has 1 aromatic carbocycles. The molecule has 5 nitrogen and oxygen atoms in total. The summed E-state index contributed by atoms with van der Waals surface area (Å²) in [5.74, 6) is 1.51. The van der Waals surface area contributed by atoms with Crippen LogP contribution in [0.5, 0.6) is 0 Å². The van der Waals surface area contributed by atoms with Crippen molar-refractivity contribution in [3.05, 3.63) is 47.6 Å². The molecule has 0 spiro atoms. The summed E-state index contributed by atoms with van der Waals surface area (Å²) in [4.78, 5) is 6.87. The van der Waals surface area contributed by atoms with Crippen molar-refractivity contribution >= 4 is 0 Å². The van der Waals surface area contributed by atoms with Crippen molar-refractivity contribution in [1.82, 2.24) is 15.0 Å². The Morgan fingerprint density at radius 2 is 2.17 bits per heavy atom. The van der Waals surface area contributed by atoms with Gasteiger partial charge >= 0.3 is 0 Å². The summed E-state index contributed by atoms with van der Waals surface area (Å²) in [6.45, 7) is 3.87. The molecular formula is C19H27N3O2. The average Bonchev–Trinajstić information content (AvgIpc) is 3.24. The van der Waals surface area contributed by atoms with Crippen molar-refractivity contribution < 1.29 is 9.63 Å². The van der Waals surface area contributed by atoms with E-state index in [-0.39, 0.29) is 0 Å². The van der Waals surface area contributed by atoms with Gasteiger partial charge in [0.2, 0.25) is 5.89 Å². The largest absolute Gasteiger partial charge is 0.388 e. The molecule has 0 saturated carbocycles. The van der Waals surface area contributed by atoms with Crippen molar-refractivity contribution in [3.63, 3.8) is 0 Å². The molecule has 0 aliphatic carbocycles. The number of unbranched alkanes of at least 4 members (excludes halogenated alkanes) is 1. The maximum Gasteiger partial charge on any atom is 0.240 e. The van der Waals surface area contributed by atoms with Gasteiger partial charge in [-0.15, -0.1) is 0 Å². The van der Waals surface area contributed by atoms with E-state index in [0.717, 1.165) is 56.5 Å². The molecule has 0 bridgehead atoms. The molecule has 1 N–H and O–H groups in total. The summed E-state index contributed by atoms with van der Waals surface area (Å²) >= 11 is 0. The number of aryl methyl sites for hydroxylation is 1. The minimum absolute atomic E-state index is 0.367. The Morgan fingerprint density at radius 3 is 2.96 bits per heavy atom. The number of aliphatic hydroxyl groups is 1. The van der Waals surface area contributed by atoms with Crippen LogP contribution in [0.4, 0.5) is 0 Å². The van der Waals surface area contributed by atoms with Crippen LogP contribution < -0.4 is 0 Å². The molecule has 2 aromatic rings. The Morgan fingerprint density at radius 1 is 1.33 bits per heavy atom. The van der Waals surface area contributed by atoms with Crippen LogP contribution in [0.3, 0.4) is 0 Å². The number of likely N-dealkylation sites (tertiary alicyclic amines) is 1. The molecule has 1 fully saturated rings. The molecule has 0 amide bonds. The Balaban J connectivity index is 1.56. The van der Waals surface area contributed by atoms with Crippen LogP contribution in [0.2, 0.25) is 0 Å². The van der Waals surface area contributed by atoms with Gasteiger partial charge in [-0.2, -0.15) is 4.98 Å². The Hall–Kier alpha value is -1.72.